The number of ether oxygens (including phenoxy) is 1. The number of carbonyl (C=O) groups is 1. The maximum atomic E-state index is 13.6. The molecule has 27 heavy (non-hydrogen) atoms. The summed E-state index contributed by atoms with van der Waals surface area (Å²) in [6, 6.07) is 10.0. The van der Waals surface area contributed by atoms with Gasteiger partial charge in [0, 0.05) is 37.7 Å². The fourth-order valence-corrected chi connectivity index (χ4v) is 3.58. The lowest BCUT2D eigenvalue weighted by atomic mass is 9.88. The van der Waals surface area contributed by atoms with Gasteiger partial charge in [0.25, 0.3) is 5.91 Å². The molecule has 1 fully saturated rings. The second-order valence-electron chi connectivity index (χ2n) is 6.96. The predicted molar refractivity (Wildman–Crippen MR) is 93.6 cm³/mol. The van der Waals surface area contributed by atoms with E-state index in [0.717, 1.165) is 5.56 Å². The summed E-state index contributed by atoms with van der Waals surface area (Å²) in [6.45, 7) is 1.51. The van der Waals surface area contributed by atoms with Crippen molar-refractivity contribution in [2.45, 2.75) is 25.2 Å². The Kier molecular flexibility index (Phi) is 4.34. The third kappa shape index (κ3) is 3.27. The number of alkyl halides is 3. The Morgan fingerprint density at radius 3 is 2.44 bits per heavy atom. The van der Waals surface area contributed by atoms with Gasteiger partial charge in [0.05, 0.1) is 12.7 Å². The molecule has 0 bridgehead atoms. The molecule has 0 atom stereocenters. The summed E-state index contributed by atoms with van der Waals surface area (Å²) >= 11 is 0. The normalized spacial score (nSPS) is 17.0. The number of methoxy groups -OCH3 is 1. The molecule has 2 heterocycles. The van der Waals surface area contributed by atoms with E-state index in [1.54, 1.807) is 25.3 Å². The van der Waals surface area contributed by atoms with Gasteiger partial charge < -0.3 is 15.0 Å². The smallest absolute Gasteiger partial charge is 0.416 e. The van der Waals surface area contributed by atoms with Crippen molar-refractivity contribution >= 4 is 5.91 Å². The maximum Gasteiger partial charge on any atom is 0.416 e. The Balaban J connectivity index is 1.65. The van der Waals surface area contributed by atoms with Gasteiger partial charge >= 0.3 is 6.18 Å². The topological polar surface area (TPSA) is 41.6 Å². The first kappa shape index (κ1) is 17.9. The van der Waals surface area contributed by atoms with Gasteiger partial charge in [0.2, 0.25) is 0 Å². The van der Waals surface area contributed by atoms with Gasteiger partial charge in [0.15, 0.2) is 0 Å². The highest BCUT2D eigenvalue weighted by molar-refractivity contribution is 5.99. The van der Waals surface area contributed by atoms with Crippen LogP contribution in [-0.4, -0.2) is 31.0 Å². The molecule has 0 unspecified atom stereocenters. The number of hydrogen-bond acceptors (Lipinski definition) is 3. The molecular weight excluding hydrogens is 357 g/mol. The molecule has 0 spiro atoms. The van der Waals surface area contributed by atoms with Crippen molar-refractivity contribution in [3.8, 4) is 5.75 Å². The molecule has 1 saturated heterocycles. The first-order valence-electron chi connectivity index (χ1n) is 8.73. The summed E-state index contributed by atoms with van der Waals surface area (Å²) in [5, 5.41) is 3.06. The quantitative estimate of drug-likeness (QED) is 0.887. The van der Waals surface area contributed by atoms with Gasteiger partial charge in [-0.3, -0.25) is 4.79 Å². The van der Waals surface area contributed by atoms with E-state index < -0.39 is 11.7 Å². The lowest BCUT2D eigenvalue weighted by Gasteiger charge is -2.28. The zero-order valence-electron chi connectivity index (χ0n) is 14.8. The van der Waals surface area contributed by atoms with E-state index in [9.17, 15) is 18.0 Å². The van der Waals surface area contributed by atoms with E-state index in [4.69, 9.17) is 4.74 Å². The summed E-state index contributed by atoms with van der Waals surface area (Å²) in [6.07, 6.45) is -4.48. The number of fused-ring (bicyclic) bond motifs is 1. The molecule has 0 saturated carbocycles. The van der Waals surface area contributed by atoms with E-state index in [1.807, 2.05) is 12.1 Å². The minimum Gasteiger partial charge on any atom is -0.497 e. The van der Waals surface area contributed by atoms with E-state index in [2.05, 4.69) is 5.32 Å². The number of nitrogens with zero attached hydrogens (tertiary/aromatic N) is 1. The maximum absolute atomic E-state index is 13.6. The average Bonchev–Trinajstić information content (AvgIpc) is 2.89. The highest BCUT2D eigenvalue weighted by Gasteiger charge is 2.40. The zero-order valence-corrected chi connectivity index (χ0v) is 14.8. The molecule has 2 aliphatic heterocycles. The van der Waals surface area contributed by atoms with E-state index >= 15 is 0 Å². The van der Waals surface area contributed by atoms with Crippen LogP contribution in [0.2, 0.25) is 0 Å². The SMILES string of the molecule is COc1ccc(CN2Cc3c(cc(C4CNC4)cc3C(F)(F)F)C2=O)cc1. The molecular formula is C20H19F3N2O2. The molecule has 1 N–H and O–H groups in total. The van der Waals surface area contributed by atoms with Crippen LogP contribution in [-0.2, 0) is 19.3 Å². The van der Waals surface area contributed by atoms with Crippen molar-refractivity contribution in [3.05, 3.63) is 64.2 Å². The molecule has 7 heteroatoms. The number of amides is 1. The molecule has 0 radical (unpaired) electrons. The summed E-state index contributed by atoms with van der Waals surface area (Å²) in [7, 11) is 1.56. The first-order valence-corrected chi connectivity index (χ1v) is 8.73. The van der Waals surface area contributed by atoms with Gasteiger partial charge in [-0.25, -0.2) is 0 Å². The number of hydrogen-bond donors (Lipinski definition) is 1. The van der Waals surface area contributed by atoms with Crippen LogP contribution in [0.15, 0.2) is 36.4 Å². The third-order valence-electron chi connectivity index (χ3n) is 5.23. The largest absolute Gasteiger partial charge is 0.497 e. The van der Waals surface area contributed by atoms with Crippen LogP contribution in [0.3, 0.4) is 0 Å². The van der Waals surface area contributed by atoms with Crippen molar-refractivity contribution in [1.82, 2.24) is 10.2 Å². The lowest BCUT2D eigenvalue weighted by molar-refractivity contribution is -0.138. The van der Waals surface area contributed by atoms with Gasteiger partial charge in [0.1, 0.15) is 5.75 Å². The molecule has 4 nitrogen and oxygen atoms in total. The third-order valence-corrected chi connectivity index (χ3v) is 5.23. The van der Waals surface area contributed by atoms with Crippen LogP contribution >= 0.6 is 0 Å². The van der Waals surface area contributed by atoms with Crippen LogP contribution in [0.25, 0.3) is 0 Å². The Bertz CT molecular complexity index is 874. The highest BCUT2D eigenvalue weighted by atomic mass is 19.4. The Hall–Kier alpha value is -2.54. The Labute approximate surface area is 154 Å². The van der Waals surface area contributed by atoms with Gasteiger partial charge in [-0.15, -0.1) is 0 Å². The molecule has 0 aromatic heterocycles. The van der Waals surface area contributed by atoms with Crippen molar-refractivity contribution in [1.29, 1.82) is 0 Å². The molecule has 2 aromatic carbocycles. The molecule has 2 aromatic rings. The summed E-state index contributed by atoms with van der Waals surface area (Å²) in [4.78, 5) is 14.3. The number of halogens is 3. The molecule has 4 rings (SSSR count). The van der Waals surface area contributed by atoms with Gasteiger partial charge in [-0.05, 0) is 41.0 Å². The van der Waals surface area contributed by atoms with Crippen molar-refractivity contribution < 1.29 is 22.7 Å². The highest BCUT2D eigenvalue weighted by Crippen LogP contribution is 2.40. The fraction of sp³-hybridized carbons (Fsp3) is 0.350. The monoisotopic (exact) mass is 376 g/mol. The van der Waals surface area contributed by atoms with E-state index in [-0.39, 0.29) is 36.0 Å². The van der Waals surface area contributed by atoms with Crippen molar-refractivity contribution in [2.75, 3.05) is 20.2 Å². The molecule has 2 aliphatic rings. The van der Waals surface area contributed by atoms with Crippen LogP contribution in [0.5, 0.6) is 5.75 Å². The van der Waals surface area contributed by atoms with Crippen molar-refractivity contribution in [3.63, 3.8) is 0 Å². The standard InChI is InChI=1S/C20H19F3N2O2/c1-27-15-4-2-12(3-5-15)10-25-11-17-16(19(25)26)6-13(14-8-24-9-14)7-18(17)20(21,22)23/h2-7,14,24H,8-11H2,1H3. The molecule has 142 valence electrons. The summed E-state index contributed by atoms with van der Waals surface area (Å²) in [5.74, 6) is 0.369. The minimum atomic E-state index is -4.48. The number of carbonyl (C=O) groups excluding carboxylic acids is 1. The second kappa shape index (κ2) is 6.56. The van der Waals surface area contributed by atoms with E-state index in [0.29, 0.717) is 24.4 Å². The average molecular weight is 376 g/mol. The van der Waals surface area contributed by atoms with E-state index in [1.165, 1.54) is 11.0 Å². The number of nitrogens with one attached hydrogen (secondary N) is 1. The fourth-order valence-electron chi connectivity index (χ4n) is 3.58. The number of rotatable bonds is 4. The van der Waals surface area contributed by atoms with Crippen LogP contribution < -0.4 is 10.1 Å². The summed E-state index contributed by atoms with van der Waals surface area (Å²) in [5.41, 5.74) is 0.998. The lowest BCUT2D eigenvalue weighted by Crippen LogP contribution is -2.40. The van der Waals surface area contributed by atoms with Gasteiger partial charge in [-0.1, -0.05) is 12.1 Å². The molecule has 0 aliphatic carbocycles. The Morgan fingerprint density at radius 1 is 1.19 bits per heavy atom. The van der Waals surface area contributed by atoms with Crippen LogP contribution in [0.4, 0.5) is 13.2 Å². The number of benzene rings is 2. The van der Waals surface area contributed by atoms with Gasteiger partial charge in [-0.2, -0.15) is 13.2 Å². The summed E-state index contributed by atoms with van der Waals surface area (Å²) < 4.78 is 45.9. The zero-order chi connectivity index (χ0) is 19.2. The second-order valence-corrected chi connectivity index (χ2v) is 6.96. The van der Waals surface area contributed by atoms with Crippen LogP contribution in [0, 0.1) is 0 Å². The molecule has 1 amide bonds. The van der Waals surface area contributed by atoms with Crippen molar-refractivity contribution in [2.24, 2.45) is 0 Å². The van der Waals surface area contributed by atoms with Crippen LogP contribution in [0.1, 0.15) is 38.5 Å². The Morgan fingerprint density at radius 2 is 1.89 bits per heavy atom. The first-order chi connectivity index (χ1) is 12.9. The predicted octanol–water partition coefficient (Wildman–Crippen LogP) is 3.56. The minimum absolute atomic E-state index is 0.0276.